The molecular formula is C21H23FN2O2. The Morgan fingerprint density at radius 1 is 1.19 bits per heavy atom. The zero-order valence-electron chi connectivity index (χ0n) is 14.8. The normalized spacial score (nSPS) is 23.3. The van der Waals surface area contributed by atoms with Crippen molar-refractivity contribution in [3.8, 4) is 5.75 Å². The molecule has 1 amide bonds. The number of hydrogen-bond donors (Lipinski definition) is 1. The maximum atomic E-state index is 13.1. The van der Waals surface area contributed by atoms with E-state index >= 15 is 0 Å². The molecule has 2 aliphatic heterocycles. The molecule has 1 fully saturated rings. The van der Waals surface area contributed by atoms with E-state index in [1.54, 1.807) is 12.1 Å². The monoisotopic (exact) mass is 354 g/mol. The van der Waals surface area contributed by atoms with Gasteiger partial charge in [0.2, 0.25) is 5.91 Å². The van der Waals surface area contributed by atoms with Crippen LogP contribution in [0.3, 0.4) is 0 Å². The zero-order valence-corrected chi connectivity index (χ0v) is 14.8. The van der Waals surface area contributed by atoms with Crippen molar-refractivity contribution in [2.45, 2.75) is 31.3 Å². The Kier molecular flexibility index (Phi) is 4.64. The van der Waals surface area contributed by atoms with Crippen LogP contribution in [0.15, 0.2) is 48.5 Å². The first-order valence-electron chi connectivity index (χ1n) is 9.15. The maximum Gasteiger partial charge on any atom is 0.227 e. The smallest absolute Gasteiger partial charge is 0.227 e. The molecule has 2 aromatic carbocycles. The molecule has 0 saturated carbocycles. The molecule has 5 heteroatoms. The number of hydrogen-bond acceptors (Lipinski definition) is 3. The topological polar surface area (TPSA) is 41.6 Å². The number of likely N-dealkylation sites (tertiary alicyclic amines) is 1. The van der Waals surface area contributed by atoms with E-state index in [1.165, 1.54) is 18.6 Å². The summed E-state index contributed by atoms with van der Waals surface area (Å²) >= 11 is 0. The van der Waals surface area contributed by atoms with Gasteiger partial charge in [0, 0.05) is 18.7 Å². The molecule has 0 unspecified atom stereocenters. The number of rotatable bonds is 4. The lowest BCUT2D eigenvalue weighted by Crippen LogP contribution is -2.55. The van der Waals surface area contributed by atoms with Crippen LogP contribution in [0.25, 0.3) is 0 Å². The third kappa shape index (κ3) is 3.19. The van der Waals surface area contributed by atoms with Gasteiger partial charge in [-0.3, -0.25) is 9.69 Å². The van der Waals surface area contributed by atoms with Crippen LogP contribution in [-0.4, -0.2) is 36.5 Å². The van der Waals surface area contributed by atoms with E-state index in [9.17, 15) is 9.18 Å². The molecule has 136 valence electrons. The molecule has 1 N–H and O–H groups in total. The largest absolute Gasteiger partial charge is 0.491 e. The van der Waals surface area contributed by atoms with E-state index < -0.39 is 0 Å². The average molecular weight is 354 g/mol. The zero-order chi connectivity index (χ0) is 18.1. The fourth-order valence-electron chi connectivity index (χ4n) is 3.74. The Hall–Kier alpha value is -2.40. The number of amides is 1. The molecule has 0 bridgehead atoms. The van der Waals surface area contributed by atoms with Gasteiger partial charge < -0.3 is 10.1 Å². The van der Waals surface area contributed by atoms with Crippen LogP contribution < -0.4 is 10.1 Å². The minimum Gasteiger partial charge on any atom is -0.491 e. The Labute approximate surface area is 153 Å². The second-order valence-corrected chi connectivity index (χ2v) is 7.07. The molecule has 3 atom stereocenters. The van der Waals surface area contributed by atoms with Crippen LogP contribution in [0.4, 0.5) is 4.39 Å². The molecule has 0 spiro atoms. The number of carbonyl (C=O) groups excluding carboxylic acids is 1. The van der Waals surface area contributed by atoms with Gasteiger partial charge in [-0.05, 0) is 37.1 Å². The SMILES string of the molecule is C[C@H](C(=O)N[C@H]1COc2ccccc2[C@@H]1N1CCC1)c1ccc(F)cc1. The van der Waals surface area contributed by atoms with Gasteiger partial charge in [-0.1, -0.05) is 30.3 Å². The minimum atomic E-state index is -0.343. The first-order valence-corrected chi connectivity index (χ1v) is 9.15. The molecule has 4 nitrogen and oxygen atoms in total. The summed E-state index contributed by atoms with van der Waals surface area (Å²) in [5.74, 6) is 0.206. The van der Waals surface area contributed by atoms with Gasteiger partial charge >= 0.3 is 0 Å². The highest BCUT2D eigenvalue weighted by atomic mass is 19.1. The van der Waals surface area contributed by atoms with Crippen LogP contribution in [0, 0.1) is 5.82 Å². The van der Waals surface area contributed by atoms with E-state index in [4.69, 9.17) is 4.74 Å². The van der Waals surface area contributed by atoms with E-state index in [1.807, 2.05) is 25.1 Å². The lowest BCUT2D eigenvalue weighted by atomic mass is 9.91. The predicted octanol–water partition coefficient (Wildman–Crippen LogP) is 3.25. The van der Waals surface area contributed by atoms with Gasteiger partial charge in [0.05, 0.1) is 18.0 Å². The molecular weight excluding hydrogens is 331 g/mol. The summed E-state index contributed by atoms with van der Waals surface area (Å²) < 4.78 is 19.0. The highest BCUT2D eigenvalue weighted by Crippen LogP contribution is 2.38. The van der Waals surface area contributed by atoms with Crippen molar-refractivity contribution in [2.75, 3.05) is 19.7 Å². The van der Waals surface area contributed by atoms with Crippen LogP contribution in [0.1, 0.15) is 36.4 Å². The van der Waals surface area contributed by atoms with Crippen molar-refractivity contribution in [3.05, 3.63) is 65.5 Å². The number of benzene rings is 2. The lowest BCUT2D eigenvalue weighted by Gasteiger charge is -2.45. The van der Waals surface area contributed by atoms with Crippen molar-refractivity contribution in [1.29, 1.82) is 0 Å². The first kappa shape index (κ1) is 17.0. The van der Waals surface area contributed by atoms with Gasteiger partial charge in [-0.15, -0.1) is 0 Å². The highest BCUT2D eigenvalue weighted by molar-refractivity contribution is 5.83. The van der Waals surface area contributed by atoms with Crippen molar-refractivity contribution in [2.24, 2.45) is 0 Å². The molecule has 2 aromatic rings. The second kappa shape index (κ2) is 7.08. The van der Waals surface area contributed by atoms with E-state index in [2.05, 4.69) is 16.3 Å². The summed E-state index contributed by atoms with van der Waals surface area (Å²) in [5.41, 5.74) is 1.94. The standard InChI is InChI=1S/C21H23FN2O2/c1-14(15-7-9-16(22)10-8-15)21(25)23-18-13-26-19-6-3-2-5-17(19)20(18)24-11-4-12-24/h2-3,5-10,14,18,20H,4,11-13H2,1H3,(H,23,25)/t14-,18-,20-/m0/s1. The number of carbonyl (C=O) groups is 1. The maximum absolute atomic E-state index is 13.1. The third-order valence-electron chi connectivity index (χ3n) is 5.41. The fraction of sp³-hybridized carbons (Fsp3) is 0.381. The Bertz CT molecular complexity index is 789. The molecule has 2 heterocycles. The summed E-state index contributed by atoms with van der Waals surface area (Å²) in [6.45, 7) is 4.39. The first-order chi connectivity index (χ1) is 12.6. The molecule has 2 aliphatic rings. The number of para-hydroxylation sites is 1. The number of nitrogens with zero attached hydrogens (tertiary/aromatic N) is 1. The van der Waals surface area contributed by atoms with Gasteiger partial charge in [0.1, 0.15) is 18.2 Å². The molecule has 0 aromatic heterocycles. The van der Waals surface area contributed by atoms with Crippen molar-refractivity contribution >= 4 is 5.91 Å². The summed E-state index contributed by atoms with van der Waals surface area (Å²) in [7, 11) is 0. The highest BCUT2D eigenvalue weighted by Gasteiger charge is 2.38. The lowest BCUT2D eigenvalue weighted by molar-refractivity contribution is -0.124. The Balaban J connectivity index is 1.53. The van der Waals surface area contributed by atoms with Gasteiger partial charge in [-0.25, -0.2) is 4.39 Å². The quantitative estimate of drug-likeness (QED) is 0.916. The molecule has 26 heavy (non-hydrogen) atoms. The van der Waals surface area contributed by atoms with Crippen LogP contribution in [0.2, 0.25) is 0 Å². The fourth-order valence-corrected chi connectivity index (χ4v) is 3.74. The third-order valence-corrected chi connectivity index (χ3v) is 5.41. The summed E-state index contributed by atoms with van der Waals surface area (Å²) in [5, 5.41) is 3.17. The van der Waals surface area contributed by atoms with Crippen LogP contribution in [-0.2, 0) is 4.79 Å². The van der Waals surface area contributed by atoms with Crippen LogP contribution >= 0.6 is 0 Å². The van der Waals surface area contributed by atoms with Gasteiger partial charge in [0.25, 0.3) is 0 Å². The van der Waals surface area contributed by atoms with Crippen LogP contribution in [0.5, 0.6) is 5.75 Å². The van der Waals surface area contributed by atoms with E-state index in [0.717, 1.165) is 30.0 Å². The minimum absolute atomic E-state index is 0.0601. The molecule has 0 aliphatic carbocycles. The molecule has 0 radical (unpaired) electrons. The molecule has 1 saturated heterocycles. The van der Waals surface area contributed by atoms with E-state index in [-0.39, 0.29) is 29.7 Å². The number of fused-ring (bicyclic) bond motifs is 1. The van der Waals surface area contributed by atoms with E-state index in [0.29, 0.717) is 6.61 Å². The van der Waals surface area contributed by atoms with Crippen molar-refractivity contribution < 1.29 is 13.9 Å². The summed E-state index contributed by atoms with van der Waals surface area (Å²) in [6.07, 6.45) is 1.19. The number of nitrogens with one attached hydrogen (secondary N) is 1. The second-order valence-electron chi connectivity index (χ2n) is 7.07. The molecule has 4 rings (SSSR count). The number of ether oxygens (including phenoxy) is 1. The predicted molar refractivity (Wildman–Crippen MR) is 97.6 cm³/mol. The average Bonchev–Trinajstić information content (AvgIpc) is 2.62. The number of halogens is 1. The Morgan fingerprint density at radius 3 is 2.62 bits per heavy atom. The Morgan fingerprint density at radius 2 is 1.92 bits per heavy atom. The van der Waals surface area contributed by atoms with Crippen molar-refractivity contribution in [1.82, 2.24) is 10.2 Å². The van der Waals surface area contributed by atoms with Gasteiger partial charge in [0.15, 0.2) is 0 Å². The summed E-state index contributed by atoms with van der Waals surface area (Å²) in [6, 6.07) is 14.2. The van der Waals surface area contributed by atoms with Crippen molar-refractivity contribution in [3.63, 3.8) is 0 Å². The van der Waals surface area contributed by atoms with Gasteiger partial charge in [-0.2, -0.15) is 0 Å². The summed E-state index contributed by atoms with van der Waals surface area (Å²) in [4.78, 5) is 15.2.